The standard InChI is InChI=1S/C22H30N4O4/c1-14-23-17(24-30-14)10-12-25(2)20(27)18-16-9-11-22(29-16)13-26(21(28)19(18)22)15-7-5-3-4-6-8-15/h9,11,15-16,18-19H,3-8,10,12-13H2,1-2H3/t16-,18?,19?,22-/m1/s1. The predicted molar refractivity (Wildman–Crippen MR) is 107 cm³/mol. The van der Waals surface area contributed by atoms with Gasteiger partial charge in [-0.15, -0.1) is 0 Å². The summed E-state index contributed by atoms with van der Waals surface area (Å²) in [4.78, 5) is 34.8. The number of likely N-dealkylation sites (N-methyl/N-ethyl adjacent to an activating group) is 1. The lowest BCUT2D eigenvalue weighted by molar-refractivity contribution is -0.143. The van der Waals surface area contributed by atoms with Crippen LogP contribution in [-0.4, -0.2) is 69.6 Å². The molecule has 8 heteroatoms. The molecule has 2 amide bonds. The molecule has 4 atom stereocenters. The van der Waals surface area contributed by atoms with E-state index in [1.807, 2.05) is 17.1 Å². The molecule has 1 aromatic rings. The number of hydrogen-bond acceptors (Lipinski definition) is 6. The molecule has 1 aliphatic carbocycles. The maximum Gasteiger partial charge on any atom is 0.230 e. The number of ether oxygens (including phenoxy) is 1. The Balaban J connectivity index is 1.31. The third kappa shape index (κ3) is 3.16. The second-order valence-corrected chi connectivity index (χ2v) is 9.25. The summed E-state index contributed by atoms with van der Waals surface area (Å²) in [5, 5.41) is 3.90. The van der Waals surface area contributed by atoms with Gasteiger partial charge in [0.25, 0.3) is 0 Å². The molecule has 2 bridgehead atoms. The lowest BCUT2D eigenvalue weighted by Crippen LogP contribution is -2.46. The quantitative estimate of drug-likeness (QED) is 0.540. The van der Waals surface area contributed by atoms with Gasteiger partial charge in [0.1, 0.15) is 5.60 Å². The fourth-order valence-electron chi connectivity index (χ4n) is 5.76. The molecule has 1 saturated carbocycles. The molecule has 1 aromatic heterocycles. The molecular weight excluding hydrogens is 384 g/mol. The first-order valence-corrected chi connectivity index (χ1v) is 11.2. The van der Waals surface area contributed by atoms with E-state index in [0.717, 1.165) is 12.8 Å². The van der Waals surface area contributed by atoms with Gasteiger partial charge in [-0.1, -0.05) is 43.0 Å². The fraction of sp³-hybridized carbons (Fsp3) is 0.727. The lowest BCUT2D eigenvalue weighted by atomic mass is 9.76. The van der Waals surface area contributed by atoms with Crippen LogP contribution in [0.1, 0.15) is 50.2 Å². The topological polar surface area (TPSA) is 88.8 Å². The molecule has 162 valence electrons. The zero-order chi connectivity index (χ0) is 20.9. The number of hydrogen-bond donors (Lipinski definition) is 0. The van der Waals surface area contributed by atoms with Crippen LogP contribution in [0.4, 0.5) is 0 Å². The molecule has 0 N–H and O–H groups in total. The van der Waals surface area contributed by atoms with Crippen molar-refractivity contribution < 1.29 is 18.8 Å². The summed E-state index contributed by atoms with van der Waals surface area (Å²) in [6.07, 6.45) is 11.2. The molecule has 3 fully saturated rings. The average Bonchev–Trinajstić information content (AvgIpc) is 3.43. The minimum Gasteiger partial charge on any atom is -0.360 e. The number of likely N-dealkylation sites (tertiary alicyclic amines) is 1. The molecule has 30 heavy (non-hydrogen) atoms. The van der Waals surface area contributed by atoms with Gasteiger partial charge in [-0.25, -0.2) is 0 Å². The second-order valence-electron chi connectivity index (χ2n) is 9.25. The Morgan fingerprint density at radius 1 is 1.30 bits per heavy atom. The van der Waals surface area contributed by atoms with Gasteiger partial charge in [-0.3, -0.25) is 9.59 Å². The highest BCUT2D eigenvalue weighted by atomic mass is 16.5. The Morgan fingerprint density at radius 3 is 2.77 bits per heavy atom. The number of amides is 2. The molecule has 2 saturated heterocycles. The summed E-state index contributed by atoms with van der Waals surface area (Å²) in [5.74, 6) is 0.321. The zero-order valence-corrected chi connectivity index (χ0v) is 17.7. The van der Waals surface area contributed by atoms with E-state index in [9.17, 15) is 9.59 Å². The monoisotopic (exact) mass is 414 g/mol. The van der Waals surface area contributed by atoms with Crippen LogP contribution in [0.15, 0.2) is 16.7 Å². The van der Waals surface area contributed by atoms with Crippen molar-refractivity contribution in [1.29, 1.82) is 0 Å². The Labute approximate surface area is 176 Å². The van der Waals surface area contributed by atoms with Crippen LogP contribution in [0.25, 0.3) is 0 Å². The van der Waals surface area contributed by atoms with E-state index < -0.39 is 17.4 Å². The average molecular weight is 415 g/mol. The highest BCUT2D eigenvalue weighted by Crippen LogP contribution is 2.53. The van der Waals surface area contributed by atoms with Crippen LogP contribution >= 0.6 is 0 Å². The van der Waals surface area contributed by atoms with Crippen LogP contribution in [0.3, 0.4) is 0 Å². The number of fused-ring (bicyclic) bond motifs is 1. The van der Waals surface area contributed by atoms with E-state index in [2.05, 4.69) is 10.1 Å². The number of aryl methyl sites for hydroxylation is 1. The third-order valence-corrected chi connectivity index (χ3v) is 7.30. The van der Waals surface area contributed by atoms with Gasteiger partial charge < -0.3 is 19.1 Å². The van der Waals surface area contributed by atoms with Crippen molar-refractivity contribution in [3.63, 3.8) is 0 Å². The molecule has 1 spiro atoms. The van der Waals surface area contributed by atoms with Gasteiger partial charge in [-0.05, 0) is 12.8 Å². The van der Waals surface area contributed by atoms with Crippen LogP contribution in [0, 0.1) is 18.8 Å². The smallest absolute Gasteiger partial charge is 0.230 e. The summed E-state index contributed by atoms with van der Waals surface area (Å²) in [5.41, 5.74) is -0.625. The maximum absolute atomic E-state index is 13.5. The summed E-state index contributed by atoms with van der Waals surface area (Å²) in [7, 11) is 1.78. The number of carbonyl (C=O) groups is 2. The predicted octanol–water partition coefficient (Wildman–Crippen LogP) is 1.88. The largest absolute Gasteiger partial charge is 0.360 e. The van der Waals surface area contributed by atoms with E-state index in [1.165, 1.54) is 25.7 Å². The van der Waals surface area contributed by atoms with E-state index in [4.69, 9.17) is 9.26 Å². The van der Waals surface area contributed by atoms with E-state index in [-0.39, 0.29) is 24.0 Å². The SMILES string of the molecule is Cc1nc(CCN(C)C(=O)C2C3C(=O)N(C4CCCCCC4)C[C@]34C=C[C@H]2O4)no1. The van der Waals surface area contributed by atoms with Gasteiger partial charge in [0.05, 0.1) is 24.5 Å². The van der Waals surface area contributed by atoms with Crippen molar-refractivity contribution in [3.05, 3.63) is 23.9 Å². The maximum atomic E-state index is 13.5. The van der Waals surface area contributed by atoms with Crippen molar-refractivity contribution >= 4 is 11.8 Å². The Hall–Kier alpha value is -2.22. The molecule has 5 rings (SSSR count). The lowest BCUT2D eigenvalue weighted by Gasteiger charge is -2.30. The highest BCUT2D eigenvalue weighted by molar-refractivity contribution is 5.93. The summed E-state index contributed by atoms with van der Waals surface area (Å²) in [6, 6.07) is 0.283. The number of carbonyl (C=O) groups excluding carboxylic acids is 2. The highest BCUT2D eigenvalue weighted by Gasteiger charge is 2.67. The van der Waals surface area contributed by atoms with Crippen molar-refractivity contribution in [2.45, 2.75) is 69.6 Å². The van der Waals surface area contributed by atoms with Crippen molar-refractivity contribution in [1.82, 2.24) is 19.9 Å². The minimum atomic E-state index is -0.625. The van der Waals surface area contributed by atoms with Crippen molar-refractivity contribution in [2.24, 2.45) is 11.8 Å². The Morgan fingerprint density at radius 2 is 2.07 bits per heavy atom. The van der Waals surface area contributed by atoms with E-state index in [0.29, 0.717) is 31.2 Å². The minimum absolute atomic E-state index is 0.0347. The second kappa shape index (κ2) is 7.48. The van der Waals surface area contributed by atoms with Crippen molar-refractivity contribution in [3.8, 4) is 0 Å². The zero-order valence-electron chi connectivity index (χ0n) is 17.7. The molecule has 4 heterocycles. The van der Waals surface area contributed by atoms with Gasteiger partial charge in [0.2, 0.25) is 17.7 Å². The van der Waals surface area contributed by atoms with Gasteiger partial charge >= 0.3 is 0 Å². The summed E-state index contributed by atoms with van der Waals surface area (Å²) < 4.78 is 11.3. The van der Waals surface area contributed by atoms with Crippen LogP contribution in [-0.2, 0) is 20.7 Å². The summed E-state index contributed by atoms with van der Waals surface area (Å²) in [6.45, 7) is 2.81. The Kier molecular flexibility index (Phi) is 4.92. The molecule has 4 aliphatic rings. The molecular formula is C22H30N4O4. The molecule has 0 radical (unpaired) electrons. The molecule has 3 aliphatic heterocycles. The number of aromatic nitrogens is 2. The van der Waals surface area contributed by atoms with Gasteiger partial charge in [0.15, 0.2) is 5.82 Å². The third-order valence-electron chi connectivity index (χ3n) is 7.30. The van der Waals surface area contributed by atoms with Gasteiger partial charge in [0, 0.05) is 33.0 Å². The van der Waals surface area contributed by atoms with Gasteiger partial charge in [-0.2, -0.15) is 4.98 Å². The van der Waals surface area contributed by atoms with Crippen LogP contribution in [0.2, 0.25) is 0 Å². The van der Waals surface area contributed by atoms with Crippen LogP contribution < -0.4 is 0 Å². The molecule has 8 nitrogen and oxygen atoms in total. The van der Waals surface area contributed by atoms with Crippen LogP contribution in [0.5, 0.6) is 0 Å². The van der Waals surface area contributed by atoms with E-state index in [1.54, 1.807) is 18.9 Å². The number of rotatable bonds is 5. The number of nitrogens with zero attached hydrogens (tertiary/aromatic N) is 4. The first kappa shape index (κ1) is 19.7. The molecule has 2 unspecified atom stereocenters. The first-order chi connectivity index (χ1) is 14.5. The van der Waals surface area contributed by atoms with E-state index >= 15 is 0 Å². The molecule has 0 aromatic carbocycles. The Bertz CT molecular complexity index is 859. The fourth-order valence-corrected chi connectivity index (χ4v) is 5.76. The van der Waals surface area contributed by atoms with Crippen molar-refractivity contribution in [2.75, 3.05) is 20.1 Å². The first-order valence-electron chi connectivity index (χ1n) is 11.2. The summed E-state index contributed by atoms with van der Waals surface area (Å²) >= 11 is 0. The normalized spacial score (nSPS) is 33.2.